The third kappa shape index (κ3) is 1.67. The number of rotatable bonds is 2. The Kier molecular flexibility index (Phi) is 2.33. The average molecular weight is 188 g/mol. The first-order chi connectivity index (χ1) is 6.77. The lowest BCUT2D eigenvalue weighted by molar-refractivity contribution is 0.216. The van der Waals surface area contributed by atoms with Gasteiger partial charge in [-0.1, -0.05) is 29.8 Å². The number of aliphatic hydroxyl groups excluding tert-OH is 1. The molecule has 1 atom stereocenters. The highest BCUT2D eigenvalue weighted by Crippen LogP contribution is 2.19. The predicted octanol–water partition coefficient (Wildman–Crippen LogP) is 1.80. The summed E-state index contributed by atoms with van der Waals surface area (Å²) >= 11 is 0. The molecule has 0 aliphatic carbocycles. The Morgan fingerprint density at radius 2 is 2.29 bits per heavy atom. The standard InChI is InChI=1S/C11H12N2O/c1-8-3-2-4-9(5-8)11(14)10-6-12-7-13-10/h2-7,11,14H,1H3,(H,12,13). The molecule has 0 saturated carbocycles. The highest BCUT2D eigenvalue weighted by molar-refractivity contribution is 5.28. The van der Waals surface area contributed by atoms with Gasteiger partial charge in [-0.3, -0.25) is 0 Å². The molecule has 3 heteroatoms. The van der Waals surface area contributed by atoms with E-state index in [0.717, 1.165) is 16.8 Å². The van der Waals surface area contributed by atoms with Crippen molar-refractivity contribution in [2.45, 2.75) is 13.0 Å². The van der Waals surface area contributed by atoms with Crippen LogP contribution in [0.25, 0.3) is 0 Å². The van der Waals surface area contributed by atoms with E-state index in [4.69, 9.17) is 0 Å². The van der Waals surface area contributed by atoms with E-state index in [1.165, 1.54) is 0 Å². The molecule has 2 N–H and O–H groups in total. The second kappa shape index (κ2) is 3.64. The topological polar surface area (TPSA) is 48.9 Å². The lowest BCUT2D eigenvalue weighted by Gasteiger charge is -2.08. The molecule has 2 rings (SSSR count). The summed E-state index contributed by atoms with van der Waals surface area (Å²) in [4.78, 5) is 6.77. The zero-order chi connectivity index (χ0) is 9.97. The highest BCUT2D eigenvalue weighted by atomic mass is 16.3. The van der Waals surface area contributed by atoms with Crippen LogP contribution in [0.1, 0.15) is 22.9 Å². The van der Waals surface area contributed by atoms with Gasteiger partial charge in [0.2, 0.25) is 0 Å². The molecule has 1 aromatic heterocycles. The fourth-order valence-electron chi connectivity index (χ4n) is 1.44. The number of hydrogen-bond donors (Lipinski definition) is 2. The predicted molar refractivity (Wildman–Crippen MR) is 53.8 cm³/mol. The van der Waals surface area contributed by atoms with Crippen LogP contribution in [0.3, 0.4) is 0 Å². The summed E-state index contributed by atoms with van der Waals surface area (Å²) in [5, 5.41) is 9.93. The molecule has 1 unspecified atom stereocenters. The van der Waals surface area contributed by atoms with Crippen molar-refractivity contribution >= 4 is 0 Å². The first kappa shape index (κ1) is 8.97. The minimum atomic E-state index is -0.614. The number of aryl methyl sites for hydroxylation is 1. The van der Waals surface area contributed by atoms with Gasteiger partial charge in [0.15, 0.2) is 0 Å². The lowest BCUT2D eigenvalue weighted by atomic mass is 10.1. The van der Waals surface area contributed by atoms with Gasteiger partial charge in [0.1, 0.15) is 6.10 Å². The molecule has 3 nitrogen and oxygen atoms in total. The van der Waals surface area contributed by atoms with Crippen molar-refractivity contribution in [2.75, 3.05) is 0 Å². The summed E-state index contributed by atoms with van der Waals surface area (Å²) in [6.45, 7) is 2.00. The second-order valence-corrected chi connectivity index (χ2v) is 3.32. The third-order valence-electron chi connectivity index (χ3n) is 2.17. The van der Waals surface area contributed by atoms with Crippen molar-refractivity contribution in [3.8, 4) is 0 Å². The molecule has 0 saturated heterocycles. The van der Waals surface area contributed by atoms with Crippen LogP contribution < -0.4 is 0 Å². The van der Waals surface area contributed by atoms with E-state index in [9.17, 15) is 5.11 Å². The Morgan fingerprint density at radius 1 is 1.43 bits per heavy atom. The number of H-pyrrole nitrogens is 1. The molecule has 1 aromatic carbocycles. The molecule has 0 bridgehead atoms. The van der Waals surface area contributed by atoms with Crippen LogP contribution in [0, 0.1) is 6.92 Å². The smallest absolute Gasteiger partial charge is 0.120 e. The number of imidazole rings is 1. The van der Waals surface area contributed by atoms with Crippen LogP contribution in [0.2, 0.25) is 0 Å². The molecular weight excluding hydrogens is 176 g/mol. The quantitative estimate of drug-likeness (QED) is 0.755. The number of nitrogens with zero attached hydrogens (tertiary/aromatic N) is 1. The zero-order valence-electron chi connectivity index (χ0n) is 7.94. The molecule has 0 fully saturated rings. The molecule has 72 valence electrons. The van der Waals surface area contributed by atoms with E-state index in [1.807, 2.05) is 31.2 Å². The summed E-state index contributed by atoms with van der Waals surface area (Å²) in [5.41, 5.74) is 2.74. The fraction of sp³-hybridized carbons (Fsp3) is 0.182. The van der Waals surface area contributed by atoms with Crippen LogP contribution in [0.5, 0.6) is 0 Å². The van der Waals surface area contributed by atoms with E-state index >= 15 is 0 Å². The SMILES string of the molecule is Cc1cccc(C(O)c2cnc[nH]2)c1. The third-order valence-corrected chi connectivity index (χ3v) is 2.17. The minimum absolute atomic E-state index is 0.614. The molecule has 2 aromatic rings. The van der Waals surface area contributed by atoms with Crippen molar-refractivity contribution in [3.05, 3.63) is 53.6 Å². The molecule has 0 aliphatic heterocycles. The fourth-order valence-corrected chi connectivity index (χ4v) is 1.44. The van der Waals surface area contributed by atoms with Gasteiger partial charge in [0.05, 0.1) is 18.2 Å². The molecule has 1 heterocycles. The van der Waals surface area contributed by atoms with E-state index in [2.05, 4.69) is 9.97 Å². The van der Waals surface area contributed by atoms with Gasteiger partial charge in [-0.15, -0.1) is 0 Å². The van der Waals surface area contributed by atoms with E-state index < -0.39 is 6.10 Å². The molecule has 0 amide bonds. The van der Waals surface area contributed by atoms with Crippen molar-refractivity contribution < 1.29 is 5.11 Å². The van der Waals surface area contributed by atoms with Crippen LogP contribution in [-0.4, -0.2) is 15.1 Å². The van der Waals surface area contributed by atoms with Gasteiger partial charge >= 0.3 is 0 Å². The van der Waals surface area contributed by atoms with Crippen LogP contribution in [0.15, 0.2) is 36.8 Å². The molecule has 14 heavy (non-hydrogen) atoms. The number of aliphatic hydroxyl groups is 1. The number of hydrogen-bond acceptors (Lipinski definition) is 2. The first-order valence-corrected chi connectivity index (χ1v) is 4.50. The Hall–Kier alpha value is -1.61. The maximum Gasteiger partial charge on any atom is 0.120 e. The van der Waals surface area contributed by atoms with E-state index in [0.29, 0.717) is 0 Å². The molecule has 0 aliphatic rings. The van der Waals surface area contributed by atoms with Crippen LogP contribution in [0.4, 0.5) is 0 Å². The Balaban J connectivity index is 2.32. The number of aromatic nitrogens is 2. The van der Waals surface area contributed by atoms with Gasteiger partial charge in [-0.2, -0.15) is 0 Å². The summed E-state index contributed by atoms with van der Waals surface area (Å²) in [7, 11) is 0. The summed E-state index contributed by atoms with van der Waals surface area (Å²) < 4.78 is 0. The first-order valence-electron chi connectivity index (χ1n) is 4.50. The number of benzene rings is 1. The van der Waals surface area contributed by atoms with Crippen molar-refractivity contribution in [1.29, 1.82) is 0 Å². The summed E-state index contributed by atoms with van der Waals surface area (Å²) in [6, 6.07) is 7.80. The van der Waals surface area contributed by atoms with Crippen LogP contribution in [-0.2, 0) is 0 Å². The van der Waals surface area contributed by atoms with Crippen molar-refractivity contribution in [3.63, 3.8) is 0 Å². The summed E-state index contributed by atoms with van der Waals surface area (Å²) in [5.74, 6) is 0. The molecule has 0 spiro atoms. The number of nitrogens with one attached hydrogen (secondary N) is 1. The average Bonchev–Trinajstić information content (AvgIpc) is 2.69. The maximum atomic E-state index is 9.93. The lowest BCUT2D eigenvalue weighted by Crippen LogP contribution is -1.99. The molecule has 0 radical (unpaired) electrons. The van der Waals surface area contributed by atoms with Crippen molar-refractivity contribution in [2.24, 2.45) is 0 Å². The van der Waals surface area contributed by atoms with Gasteiger partial charge < -0.3 is 10.1 Å². The number of aromatic amines is 1. The van der Waals surface area contributed by atoms with Gasteiger partial charge in [-0.05, 0) is 12.5 Å². The van der Waals surface area contributed by atoms with E-state index in [1.54, 1.807) is 12.5 Å². The monoisotopic (exact) mass is 188 g/mol. The largest absolute Gasteiger partial charge is 0.382 e. The Morgan fingerprint density at radius 3 is 2.93 bits per heavy atom. The van der Waals surface area contributed by atoms with Gasteiger partial charge in [0, 0.05) is 0 Å². The zero-order valence-corrected chi connectivity index (χ0v) is 7.94. The maximum absolute atomic E-state index is 9.93. The Labute approximate surface area is 82.4 Å². The highest BCUT2D eigenvalue weighted by Gasteiger charge is 2.10. The normalized spacial score (nSPS) is 12.7. The van der Waals surface area contributed by atoms with Gasteiger partial charge in [-0.25, -0.2) is 4.98 Å². The second-order valence-electron chi connectivity index (χ2n) is 3.32. The van der Waals surface area contributed by atoms with Crippen LogP contribution >= 0.6 is 0 Å². The molecular formula is C11H12N2O. The summed E-state index contributed by atoms with van der Waals surface area (Å²) in [6.07, 6.45) is 2.58. The van der Waals surface area contributed by atoms with Gasteiger partial charge in [0.25, 0.3) is 0 Å². The Bertz CT molecular complexity index is 409. The van der Waals surface area contributed by atoms with E-state index in [-0.39, 0.29) is 0 Å². The van der Waals surface area contributed by atoms with Crippen molar-refractivity contribution in [1.82, 2.24) is 9.97 Å². The minimum Gasteiger partial charge on any atom is -0.382 e.